The normalized spacial score (nSPS) is 15.7. The highest BCUT2D eigenvalue weighted by Crippen LogP contribution is 2.27. The van der Waals surface area contributed by atoms with Gasteiger partial charge in [0.05, 0.1) is 0 Å². The lowest BCUT2D eigenvalue weighted by atomic mass is 10.0. The molecule has 1 aliphatic rings. The average Bonchev–Trinajstić information content (AvgIpc) is 2.48. The Hall–Kier alpha value is -1.39. The molecule has 1 amide bonds. The zero-order valence-corrected chi connectivity index (χ0v) is 12.1. The van der Waals surface area contributed by atoms with Gasteiger partial charge in [0.15, 0.2) is 0 Å². The van der Waals surface area contributed by atoms with Gasteiger partial charge in [0.25, 0.3) is 5.91 Å². The zero-order chi connectivity index (χ0) is 13.2. The quantitative estimate of drug-likeness (QED) is 0.876. The Morgan fingerprint density at radius 3 is 2.47 bits per heavy atom. The van der Waals surface area contributed by atoms with Crippen LogP contribution in [0, 0.1) is 0 Å². The van der Waals surface area contributed by atoms with Crippen LogP contribution < -0.4 is 5.32 Å². The molecule has 0 bridgehead atoms. The van der Waals surface area contributed by atoms with Crippen LogP contribution >= 0.6 is 15.9 Å². The molecular weight excluding hydrogens is 304 g/mol. The predicted octanol–water partition coefficient (Wildman–Crippen LogP) is 2.65. The fraction of sp³-hybridized carbons (Fsp3) is 0.267. The maximum absolute atomic E-state index is 12.6. The number of benzene rings is 2. The number of hydrogen-bond acceptors (Lipinski definition) is 2. The Balaban J connectivity index is 2.05. The second-order valence-electron chi connectivity index (χ2n) is 4.68. The van der Waals surface area contributed by atoms with Crippen LogP contribution in [0.5, 0.6) is 0 Å². The van der Waals surface area contributed by atoms with Crippen molar-refractivity contribution in [3.05, 3.63) is 46.4 Å². The molecule has 3 nitrogen and oxygen atoms in total. The predicted molar refractivity (Wildman–Crippen MR) is 80.4 cm³/mol. The number of nitrogens with zero attached hydrogens (tertiary/aromatic N) is 1. The molecule has 2 aromatic rings. The van der Waals surface area contributed by atoms with Gasteiger partial charge >= 0.3 is 0 Å². The number of nitrogens with one attached hydrogen (secondary N) is 1. The molecule has 1 heterocycles. The maximum Gasteiger partial charge on any atom is 0.254 e. The van der Waals surface area contributed by atoms with Crippen LogP contribution in [-0.2, 0) is 0 Å². The number of piperazine rings is 1. The molecule has 2 aromatic carbocycles. The van der Waals surface area contributed by atoms with E-state index in [1.165, 1.54) is 0 Å². The molecule has 4 heteroatoms. The molecule has 0 radical (unpaired) electrons. The van der Waals surface area contributed by atoms with Crippen molar-refractivity contribution in [3.63, 3.8) is 0 Å². The molecule has 1 N–H and O–H groups in total. The standard InChI is InChI=1S/C15H15BrN2O/c16-14-6-5-13(11-3-1-2-4-12(11)14)15(19)18-9-7-17-8-10-18/h1-6,17H,7-10H2. The molecule has 0 spiro atoms. The van der Waals surface area contributed by atoms with Crippen molar-refractivity contribution < 1.29 is 4.79 Å². The van der Waals surface area contributed by atoms with Crippen LogP contribution in [0.2, 0.25) is 0 Å². The van der Waals surface area contributed by atoms with Crippen molar-refractivity contribution in [2.45, 2.75) is 0 Å². The van der Waals surface area contributed by atoms with Crippen LogP contribution in [0.3, 0.4) is 0 Å². The minimum atomic E-state index is 0.130. The van der Waals surface area contributed by atoms with Crippen molar-refractivity contribution in [2.24, 2.45) is 0 Å². The van der Waals surface area contributed by atoms with Crippen molar-refractivity contribution in [3.8, 4) is 0 Å². The van der Waals surface area contributed by atoms with Gasteiger partial charge in [-0.1, -0.05) is 40.2 Å². The third-order valence-electron chi connectivity index (χ3n) is 3.51. The highest BCUT2D eigenvalue weighted by Gasteiger charge is 2.20. The molecule has 1 saturated heterocycles. The van der Waals surface area contributed by atoms with E-state index < -0.39 is 0 Å². The number of amides is 1. The van der Waals surface area contributed by atoms with Crippen molar-refractivity contribution in [1.29, 1.82) is 0 Å². The lowest BCUT2D eigenvalue weighted by Gasteiger charge is -2.28. The van der Waals surface area contributed by atoms with E-state index in [4.69, 9.17) is 0 Å². The Bertz CT molecular complexity index is 621. The number of carbonyl (C=O) groups excluding carboxylic acids is 1. The highest BCUT2D eigenvalue weighted by molar-refractivity contribution is 9.10. The van der Waals surface area contributed by atoms with E-state index in [9.17, 15) is 4.79 Å². The van der Waals surface area contributed by atoms with Gasteiger partial charge in [0.2, 0.25) is 0 Å². The van der Waals surface area contributed by atoms with E-state index in [-0.39, 0.29) is 5.91 Å². The summed E-state index contributed by atoms with van der Waals surface area (Å²) in [5, 5.41) is 5.37. The van der Waals surface area contributed by atoms with Gasteiger partial charge in [-0.15, -0.1) is 0 Å². The van der Waals surface area contributed by atoms with Crippen LogP contribution in [0.1, 0.15) is 10.4 Å². The molecule has 0 aromatic heterocycles. The molecule has 98 valence electrons. The van der Waals surface area contributed by atoms with Gasteiger partial charge in [0.1, 0.15) is 0 Å². The molecular formula is C15H15BrN2O. The Morgan fingerprint density at radius 1 is 1.05 bits per heavy atom. The summed E-state index contributed by atoms with van der Waals surface area (Å²) in [6, 6.07) is 11.9. The lowest BCUT2D eigenvalue weighted by molar-refractivity contribution is 0.0738. The van der Waals surface area contributed by atoms with Crippen molar-refractivity contribution in [1.82, 2.24) is 10.2 Å². The zero-order valence-electron chi connectivity index (χ0n) is 10.5. The molecule has 3 rings (SSSR count). The molecule has 1 aliphatic heterocycles. The van der Waals surface area contributed by atoms with E-state index >= 15 is 0 Å². The fourth-order valence-electron chi connectivity index (χ4n) is 2.49. The number of carbonyl (C=O) groups is 1. The topological polar surface area (TPSA) is 32.3 Å². The summed E-state index contributed by atoms with van der Waals surface area (Å²) in [5.41, 5.74) is 0.792. The van der Waals surface area contributed by atoms with Crippen molar-refractivity contribution >= 4 is 32.6 Å². The summed E-state index contributed by atoms with van der Waals surface area (Å²) in [6.45, 7) is 3.31. The van der Waals surface area contributed by atoms with Gasteiger partial charge < -0.3 is 10.2 Å². The van der Waals surface area contributed by atoms with E-state index in [0.717, 1.165) is 47.0 Å². The van der Waals surface area contributed by atoms with Gasteiger partial charge in [0, 0.05) is 36.2 Å². The van der Waals surface area contributed by atoms with Crippen LogP contribution in [0.25, 0.3) is 10.8 Å². The molecule has 0 atom stereocenters. The third-order valence-corrected chi connectivity index (χ3v) is 4.20. The van der Waals surface area contributed by atoms with Crippen molar-refractivity contribution in [2.75, 3.05) is 26.2 Å². The summed E-state index contributed by atoms with van der Waals surface area (Å²) >= 11 is 3.54. The van der Waals surface area contributed by atoms with E-state index in [1.807, 2.05) is 41.3 Å². The Kier molecular flexibility index (Phi) is 3.53. The molecule has 19 heavy (non-hydrogen) atoms. The van der Waals surface area contributed by atoms with Crippen LogP contribution in [0.4, 0.5) is 0 Å². The van der Waals surface area contributed by atoms with Crippen LogP contribution in [0.15, 0.2) is 40.9 Å². The van der Waals surface area contributed by atoms with Crippen LogP contribution in [-0.4, -0.2) is 37.0 Å². The monoisotopic (exact) mass is 318 g/mol. The summed E-state index contributed by atoms with van der Waals surface area (Å²) in [7, 11) is 0. The summed E-state index contributed by atoms with van der Waals surface area (Å²) in [4.78, 5) is 14.5. The maximum atomic E-state index is 12.6. The minimum absolute atomic E-state index is 0.130. The SMILES string of the molecule is O=C(c1ccc(Br)c2ccccc12)N1CCNCC1. The average molecular weight is 319 g/mol. The molecule has 0 saturated carbocycles. The van der Waals surface area contributed by atoms with Gasteiger partial charge in [-0.25, -0.2) is 0 Å². The number of hydrogen-bond donors (Lipinski definition) is 1. The largest absolute Gasteiger partial charge is 0.336 e. The third kappa shape index (κ3) is 2.38. The first-order chi connectivity index (χ1) is 9.27. The first-order valence-corrected chi connectivity index (χ1v) is 7.24. The van der Waals surface area contributed by atoms with E-state index in [2.05, 4.69) is 21.2 Å². The molecule has 1 fully saturated rings. The Labute approximate surface area is 120 Å². The van der Waals surface area contributed by atoms with E-state index in [0.29, 0.717) is 0 Å². The molecule has 0 aliphatic carbocycles. The summed E-state index contributed by atoms with van der Waals surface area (Å²) in [5.74, 6) is 0.130. The minimum Gasteiger partial charge on any atom is -0.336 e. The highest BCUT2D eigenvalue weighted by atomic mass is 79.9. The number of rotatable bonds is 1. The first kappa shape index (κ1) is 12.6. The smallest absolute Gasteiger partial charge is 0.254 e. The van der Waals surface area contributed by atoms with Gasteiger partial charge in [-0.05, 0) is 22.9 Å². The molecule has 0 unspecified atom stereocenters. The fourth-order valence-corrected chi connectivity index (χ4v) is 2.96. The summed E-state index contributed by atoms with van der Waals surface area (Å²) < 4.78 is 1.03. The van der Waals surface area contributed by atoms with Gasteiger partial charge in [-0.2, -0.15) is 0 Å². The Morgan fingerprint density at radius 2 is 1.74 bits per heavy atom. The lowest BCUT2D eigenvalue weighted by Crippen LogP contribution is -2.46. The number of fused-ring (bicyclic) bond motifs is 1. The van der Waals surface area contributed by atoms with Gasteiger partial charge in [-0.3, -0.25) is 4.79 Å². The number of halogens is 1. The second kappa shape index (κ2) is 5.31. The second-order valence-corrected chi connectivity index (χ2v) is 5.54. The summed E-state index contributed by atoms with van der Waals surface area (Å²) in [6.07, 6.45) is 0. The van der Waals surface area contributed by atoms with E-state index in [1.54, 1.807) is 0 Å². The first-order valence-electron chi connectivity index (χ1n) is 6.44.